The molecule has 0 radical (unpaired) electrons. The number of imide groups is 1. The predicted octanol–water partition coefficient (Wildman–Crippen LogP) is -0.0252. The highest BCUT2D eigenvalue weighted by molar-refractivity contribution is 6.06. The lowest BCUT2D eigenvalue weighted by Gasteiger charge is -2.35. The van der Waals surface area contributed by atoms with E-state index in [-0.39, 0.29) is 18.4 Å². The van der Waals surface area contributed by atoms with Crippen LogP contribution in [0.25, 0.3) is 0 Å². The number of carbonyl (C=O) groups excluding carboxylic acids is 4. The zero-order valence-electron chi connectivity index (χ0n) is 19.2. The second kappa shape index (κ2) is 12.5. The van der Waals surface area contributed by atoms with Crippen LogP contribution in [0.5, 0.6) is 0 Å². The number of hydrogen-bond acceptors (Lipinski definition) is 7. The van der Waals surface area contributed by atoms with Crippen molar-refractivity contribution in [2.45, 2.75) is 57.2 Å². The highest BCUT2D eigenvalue weighted by atomic mass is 16.4. The average molecular weight is 492 g/mol. The summed E-state index contributed by atoms with van der Waals surface area (Å²) in [5.41, 5.74) is 5.65. The largest absolute Gasteiger partial charge is 0.481 e. The Kier molecular flexibility index (Phi) is 9.70. The maximum Gasteiger partial charge on any atom is 0.344 e. The SMILES string of the molecule is CCC(=O)N([C@@H](CC(=O)O)C(=O)N[C@H](C(=O)O)c1ccccc1)N1C(=O)N[C@@H](CCCCN)C1=O. The van der Waals surface area contributed by atoms with E-state index in [0.29, 0.717) is 29.4 Å². The van der Waals surface area contributed by atoms with Crippen molar-refractivity contribution in [3.63, 3.8) is 0 Å². The molecule has 1 heterocycles. The summed E-state index contributed by atoms with van der Waals surface area (Å²) in [5, 5.41) is 24.6. The molecule has 1 aromatic rings. The predicted molar refractivity (Wildman–Crippen MR) is 120 cm³/mol. The second-order valence-corrected chi connectivity index (χ2v) is 7.83. The molecule has 6 N–H and O–H groups in total. The van der Waals surface area contributed by atoms with E-state index in [1.54, 1.807) is 18.2 Å². The zero-order chi connectivity index (χ0) is 26.1. The summed E-state index contributed by atoms with van der Waals surface area (Å²) in [7, 11) is 0. The molecule has 3 atom stereocenters. The number of carbonyl (C=O) groups is 6. The summed E-state index contributed by atoms with van der Waals surface area (Å²) in [6.07, 6.45) is 0.0980. The molecule has 0 aromatic heterocycles. The fraction of sp³-hybridized carbons (Fsp3) is 0.455. The molecule has 1 fully saturated rings. The first-order valence-electron chi connectivity index (χ1n) is 11.1. The van der Waals surface area contributed by atoms with Gasteiger partial charge in [-0.15, -0.1) is 0 Å². The van der Waals surface area contributed by atoms with Crippen LogP contribution < -0.4 is 16.4 Å². The van der Waals surface area contributed by atoms with Gasteiger partial charge in [0.2, 0.25) is 11.8 Å². The summed E-state index contributed by atoms with van der Waals surface area (Å²) in [6.45, 7) is 1.79. The molecule has 0 saturated carbocycles. The Hall–Kier alpha value is -4.00. The lowest BCUT2D eigenvalue weighted by molar-refractivity contribution is -0.166. The zero-order valence-corrected chi connectivity index (χ0v) is 19.2. The number of nitrogens with two attached hydrogens (primary N) is 1. The molecule has 0 aliphatic carbocycles. The summed E-state index contributed by atoms with van der Waals surface area (Å²) < 4.78 is 0. The number of rotatable bonds is 13. The van der Waals surface area contributed by atoms with Gasteiger partial charge in [-0.1, -0.05) is 37.3 Å². The van der Waals surface area contributed by atoms with E-state index in [1.807, 2.05) is 0 Å². The molecule has 1 aromatic carbocycles. The molecule has 190 valence electrons. The van der Waals surface area contributed by atoms with Gasteiger partial charge in [0, 0.05) is 6.42 Å². The molecule has 0 unspecified atom stereocenters. The minimum atomic E-state index is -1.87. The Labute approximate surface area is 201 Å². The van der Waals surface area contributed by atoms with Gasteiger partial charge < -0.3 is 26.6 Å². The average Bonchev–Trinajstić information content (AvgIpc) is 3.10. The molecular weight excluding hydrogens is 462 g/mol. The van der Waals surface area contributed by atoms with Gasteiger partial charge in [0.05, 0.1) is 6.42 Å². The lowest BCUT2D eigenvalue weighted by atomic mass is 10.1. The Balaban J connectivity index is 2.40. The van der Waals surface area contributed by atoms with Crippen molar-refractivity contribution in [2.24, 2.45) is 5.73 Å². The number of carboxylic acid groups (broad SMARTS) is 2. The van der Waals surface area contributed by atoms with Gasteiger partial charge >= 0.3 is 18.0 Å². The maximum absolute atomic E-state index is 13.2. The Morgan fingerprint density at radius 3 is 2.34 bits per heavy atom. The van der Waals surface area contributed by atoms with Crippen LogP contribution >= 0.6 is 0 Å². The van der Waals surface area contributed by atoms with Crippen LogP contribution in [0.1, 0.15) is 50.6 Å². The van der Waals surface area contributed by atoms with Gasteiger partial charge in [-0.3, -0.25) is 19.2 Å². The first-order valence-corrected chi connectivity index (χ1v) is 11.1. The normalized spacial score (nSPS) is 16.9. The summed E-state index contributed by atoms with van der Waals surface area (Å²) in [5.74, 6) is -5.78. The van der Waals surface area contributed by atoms with E-state index in [0.717, 1.165) is 0 Å². The third-order valence-electron chi connectivity index (χ3n) is 5.35. The lowest BCUT2D eigenvalue weighted by Crippen LogP contribution is -2.60. The number of hydrazine groups is 1. The molecule has 5 amide bonds. The van der Waals surface area contributed by atoms with Gasteiger partial charge in [-0.05, 0) is 31.4 Å². The monoisotopic (exact) mass is 491 g/mol. The molecule has 1 saturated heterocycles. The number of carboxylic acids is 2. The van der Waals surface area contributed by atoms with E-state index in [1.165, 1.54) is 19.1 Å². The number of amides is 5. The molecule has 35 heavy (non-hydrogen) atoms. The quantitative estimate of drug-likeness (QED) is 0.186. The Morgan fingerprint density at radius 2 is 1.80 bits per heavy atom. The number of hydrogen-bond donors (Lipinski definition) is 5. The number of nitrogens with one attached hydrogen (secondary N) is 2. The molecule has 0 bridgehead atoms. The van der Waals surface area contributed by atoms with Gasteiger partial charge in [0.15, 0.2) is 6.04 Å². The van der Waals surface area contributed by atoms with E-state index in [2.05, 4.69) is 10.6 Å². The van der Waals surface area contributed by atoms with Crippen LogP contribution in [0, 0.1) is 0 Å². The molecule has 2 rings (SSSR count). The minimum Gasteiger partial charge on any atom is -0.481 e. The van der Waals surface area contributed by atoms with Crippen LogP contribution in [0.15, 0.2) is 30.3 Å². The van der Waals surface area contributed by atoms with E-state index in [9.17, 15) is 39.0 Å². The van der Waals surface area contributed by atoms with Crippen molar-refractivity contribution in [3.8, 4) is 0 Å². The van der Waals surface area contributed by atoms with E-state index < -0.39 is 60.2 Å². The molecule has 1 aliphatic rings. The molecular formula is C22H29N5O8. The number of aliphatic carboxylic acids is 2. The number of nitrogens with zero attached hydrogens (tertiary/aromatic N) is 2. The Bertz CT molecular complexity index is 970. The maximum atomic E-state index is 13.2. The van der Waals surface area contributed by atoms with Crippen LogP contribution in [0.4, 0.5) is 4.79 Å². The first kappa shape index (κ1) is 27.2. The van der Waals surface area contributed by atoms with Crippen molar-refractivity contribution in [2.75, 3.05) is 6.54 Å². The van der Waals surface area contributed by atoms with Gasteiger partial charge in [-0.25, -0.2) is 14.6 Å². The van der Waals surface area contributed by atoms with Crippen molar-refractivity contribution in [1.29, 1.82) is 0 Å². The van der Waals surface area contributed by atoms with Gasteiger partial charge in [0.1, 0.15) is 12.1 Å². The fourth-order valence-electron chi connectivity index (χ4n) is 3.63. The Morgan fingerprint density at radius 1 is 1.14 bits per heavy atom. The van der Waals surface area contributed by atoms with Crippen LogP contribution in [-0.2, 0) is 24.0 Å². The third-order valence-corrected chi connectivity index (χ3v) is 5.35. The van der Waals surface area contributed by atoms with E-state index in [4.69, 9.17) is 5.73 Å². The van der Waals surface area contributed by atoms with Crippen LogP contribution in [0.3, 0.4) is 0 Å². The highest BCUT2D eigenvalue weighted by Crippen LogP contribution is 2.21. The molecule has 13 heteroatoms. The van der Waals surface area contributed by atoms with Crippen molar-refractivity contribution in [1.82, 2.24) is 20.7 Å². The second-order valence-electron chi connectivity index (χ2n) is 7.83. The molecule has 0 spiro atoms. The molecule has 1 aliphatic heterocycles. The third kappa shape index (κ3) is 6.76. The number of benzene rings is 1. The van der Waals surface area contributed by atoms with Gasteiger partial charge in [-0.2, -0.15) is 5.01 Å². The summed E-state index contributed by atoms with van der Waals surface area (Å²) in [4.78, 5) is 75.0. The smallest absolute Gasteiger partial charge is 0.344 e. The summed E-state index contributed by atoms with van der Waals surface area (Å²) >= 11 is 0. The number of urea groups is 1. The van der Waals surface area contributed by atoms with Crippen LogP contribution in [-0.4, -0.2) is 74.6 Å². The minimum absolute atomic E-state index is 0.200. The fourth-order valence-corrected chi connectivity index (χ4v) is 3.63. The van der Waals surface area contributed by atoms with E-state index >= 15 is 0 Å². The summed E-state index contributed by atoms with van der Waals surface area (Å²) in [6, 6.07) is 2.23. The highest BCUT2D eigenvalue weighted by Gasteiger charge is 2.47. The topological polar surface area (TPSA) is 199 Å². The molecule has 13 nitrogen and oxygen atoms in total. The van der Waals surface area contributed by atoms with Crippen molar-refractivity contribution in [3.05, 3.63) is 35.9 Å². The van der Waals surface area contributed by atoms with Crippen molar-refractivity contribution >= 4 is 35.7 Å². The number of unbranched alkanes of at least 4 members (excludes halogenated alkanes) is 1. The van der Waals surface area contributed by atoms with Gasteiger partial charge in [0.25, 0.3) is 5.91 Å². The standard InChI is InChI=1S/C22H29N5O8/c1-2-16(28)26(27-20(32)14(24-22(27)35)10-6-7-11-23)15(12-17(29)30)19(31)25-18(21(33)34)13-8-4-3-5-9-13/h3-5,8-9,14-15,18H,2,6-7,10-12,23H2,1H3,(H,24,35)(H,25,31)(H,29,30)(H,33,34)/t14-,15-,18-/m0/s1. The van der Waals surface area contributed by atoms with Crippen molar-refractivity contribution < 1.29 is 39.0 Å². The van der Waals surface area contributed by atoms with Crippen LogP contribution in [0.2, 0.25) is 0 Å². The first-order chi connectivity index (χ1) is 16.6.